The van der Waals surface area contributed by atoms with Crippen LogP contribution in [0.1, 0.15) is 10.4 Å². The van der Waals surface area contributed by atoms with Gasteiger partial charge in [0.1, 0.15) is 17.3 Å². The number of hydrogen-bond donors (Lipinski definition) is 0. The lowest BCUT2D eigenvalue weighted by molar-refractivity contribution is 0.0917. The quantitative estimate of drug-likeness (QED) is 0.784. The highest BCUT2D eigenvalue weighted by atomic mass is 79.9. The summed E-state index contributed by atoms with van der Waals surface area (Å²) in [5, 5.41) is 0. The molecule has 0 unspecified atom stereocenters. The zero-order valence-corrected chi connectivity index (χ0v) is 12.2. The summed E-state index contributed by atoms with van der Waals surface area (Å²) >= 11 is 3.25. The van der Waals surface area contributed by atoms with Crippen molar-refractivity contribution in [2.24, 2.45) is 0 Å². The number of Topliss-reactive ketones (excluding diaryl/α,β-unsaturated/α-hetero) is 1. The molecule has 4 nitrogen and oxygen atoms in total. The molecule has 1 aromatic carbocycles. The van der Waals surface area contributed by atoms with Gasteiger partial charge >= 0.3 is 0 Å². The van der Waals surface area contributed by atoms with Crippen LogP contribution in [0.2, 0.25) is 0 Å². The number of carbonyl (C=O) groups excluding carboxylic acids is 1. The maximum absolute atomic E-state index is 13.2. The number of nitrogens with zero attached hydrogens (tertiary/aromatic N) is 1. The smallest absolute Gasteiger partial charge is 0.204 e. The van der Waals surface area contributed by atoms with Crippen molar-refractivity contribution in [2.45, 2.75) is 0 Å². The first-order valence-corrected chi connectivity index (χ1v) is 6.49. The Morgan fingerprint density at radius 2 is 2.15 bits per heavy atom. The second kappa shape index (κ2) is 6.47. The van der Waals surface area contributed by atoms with E-state index in [4.69, 9.17) is 9.47 Å². The minimum absolute atomic E-state index is 0.149. The number of halogens is 2. The highest BCUT2D eigenvalue weighted by Gasteiger charge is 2.14. The molecule has 0 spiro atoms. The van der Waals surface area contributed by atoms with Crippen LogP contribution in [0.5, 0.6) is 11.5 Å². The van der Waals surface area contributed by atoms with Gasteiger partial charge in [-0.15, -0.1) is 0 Å². The fourth-order valence-electron chi connectivity index (χ4n) is 1.60. The molecule has 2 rings (SSSR count). The molecule has 2 aromatic rings. The van der Waals surface area contributed by atoms with Crippen molar-refractivity contribution in [1.82, 2.24) is 4.98 Å². The van der Waals surface area contributed by atoms with Crippen molar-refractivity contribution in [3.05, 3.63) is 52.5 Å². The lowest BCUT2D eigenvalue weighted by atomic mass is 10.1. The molecule has 0 aliphatic carbocycles. The molecular formula is C14H11BrFNO3. The molecule has 0 N–H and O–H groups in total. The van der Waals surface area contributed by atoms with Gasteiger partial charge in [-0.05, 0) is 40.2 Å². The second-order valence-electron chi connectivity index (χ2n) is 3.90. The molecule has 0 saturated carbocycles. The van der Waals surface area contributed by atoms with E-state index >= 15 is 0 Å². The summed E-state index contributed by atoms with van der Waals surface area (Å²) in [6, 6.07) is 5.45. The number of rotatable bonds is 5. The predicted octanol–water partition coefficient (Wildman–Crippen LogP) is 3.25. The predicted molar refractivity (Wildman–Crippen MR) is 74.7 cm³/mol. The van der Waals surface area contributed by atoms with Gasteiger partial charge in [0.25, 0.3) is 0 Å². The van der Waals surface area contributed by atoms with Gasteiger partial charge < -0.3 is 9.47 Å². The molecule has 0 aliphatic heterocycles. The maximum Gasteiger partial charge on any atom is 0.204 e. The summed E-state index contributed by atoms with van der Waals surface area (Å²) in [6.07, 6.45) is 3.09. The molecule has 0 amide bonds. The van der Waals surface area contributed by atoms with E-state index in [9.17, 15) is 9.18 Å². The van der Waals surface area contributed by atoms with Crippen LogP contribution in [0.25, 0.3) is 0 Å². The third-order valence-electron chi connectivity index (χ3n) is 2.51. The third kappa shape index (κ3) is 3.54. The van der Waals surface area contributed by atoms with E-state index in [1.54, 1.807) is 12.3 Å². The van der Waals surface area contributed by atoms with Crippen LogP contribution >= 0.6 is 15.9 Å². The van der Waals surface area contributed by atoms with Crippen LogP contribution in [0.4, 0.5) is 4.39 Å². The van der Waals surface area contributed by atoms with Crippen LogP contribution < -0.4 is 9.47 Å². The van der Waals surface area contributed by atoms with E-state index in [2.05, 4.69) is 20.9 Å². The largest absolute Gasteiger partial charge is 0.496 e. The van der Waals surface area contributed by atoms with Crippen LogP contribution in [0.3, 0.4) is 0 Å². The Kier molecular flexibility index (Phi) is 4.68. The van der Waals surface area contributed by atoms with Gasteiger partial charge in [-0.25, -0.2) is 4.39 Å². The first-order chi connectivity index (χ1) is 9.60. The summed E-state index contributed by atoms with van der Waals surface area (Å²) in [6.45, 7) is -0.224. The average Bonchev–Trinajstić information content (AvgIpc) is 2.45. The minimum Gasteiger partial charge on any atom is -0.496 e. The summed E-state index contributed by atoms with van der Waals surface area (Å²) < 4.78 is 24.3. The summed E-state index contributed by atoms with van der Waals surface area (Å²) in [5.74, 6) is -0.116. The Morgan fingerprint density at radius 1 is 1.35 bits per heavy atom. The van der Waals surface area contributed by atoms with Crippen molar-refractivity contribution >= 4 is 21.7 Å². The molecule has 0 fully saturated rings. The van der Waals surface area contributed by atoms with Gasteiger partial charge in [0.15, 0.2) is 6.61 Å². The number of carbonyl (C=O) groups is 1. The Bertz CT molecular complexity index is 634. The molecule has 20 heavy (non-hydrogen) atoms. The molecule has 1 aromatic heterocycles. The lowest BCUT2D eigenvalue weighted by Crippen LogP contribution is -2.13. The number of pyridine rings is 1. The SMILES string of the molecule is COc1ccc(F)cc1C(=O)COc1cncc(Br)c1. The molecule has 0 saturated heterocycles. The minimum atomic E-state index is -0.502. The zero-order valence-electron chi connectivity index (χ0n) is 10.6. The van der Waals surface area contributed by atoms with Crippen molar-refractivity contribution in [1.29, 1.82) is 0 Å². The van der Waals surface area contributed by atoms with E-state index in [1.165, 1.54) is 25.4 Å². The van der Waals surface area contributed by atoms with Crippen molar-refractivity contribution < 1.29 is 18.7 Å². The molecule has 6 heteroatoms. The lowest BCUT2D eigenvalue weighted by Gasteiger charge is -2.09. The molecular weight excluding hydrogens is 329 g/mol. The van der Waals surface area contributed by atoms with Crippen LogP contribution in [-0.2, 0) is 0 Å². The Balaban J connectivity index is 2.10. The van der Waals surface area contributed by atoms with Gasteiger partial charge in [-0.1, -0.05) is 0 Å². The first-order valence-electron chi connectivity index (χ1n) is 5.70. The summed E-state index contributed by atoms with van der Waals surface area (Å²) in [7, 11) is 1.42. The fourth-order valence-corrected chi connectivity index (χ4v) is 1.94. The highest BCUT2D eigenvalue weighted by Crippen LogP contribution is 2.21. The van der Waals surface area contributed by atoms with Gasteiger partial charge in [0.05, 0.1) is 18.9 Å². The van der Waals surface area contributed by atoms with Gasteiger partial charge in [0, 0.05) is 10.7 Å². The molecule has 0 bridgehead atoms. The van der Waals surface area contributed by atoms with Gasteiger partial charge in [-0.3, -0.25) is 9.78 Å². The summed E-state index contributed by atoms with van der Waals surface area (Å²) in [5.41, 5.74) is 0.149. The van der Waals surface area contributed by atoms with E-state index < -0.39 is 5.82 Å². The molecule has 104 valence electrons. The monoisotopic (exact) mass is 339 g/mol. The van der Waals surface area contributed by atoms with E-state index in [-0.39, 0.29) is 18.0 Å². The summed E-state index contributed by atoms with van der Waals surface area (Å²) in [4.78, 5) is 15.9. The van der Waals surface area contributed by atoms with Gasteiger partial charge in [0.2, 0.25) is 5.78 Å². The standard InChI is InChI=1S/C14H11BrFNO3/c1-19-14-3-2-10(16)5-12(14)13(18)8-20-11-4-9(15)6-17-7-11/h2-7H,8H2,1H3. The molecule has 1 heterocycles. The Labute approximate surface area is 123 Å². The fraction of sp³-hybridized carbons (Fsp3) is 0.143. The first kappa shape index (κ1) is 14.5. The number of methoxy groups -OCH3 is 1. The Morgan fingerprint density at radius 3 is 2.85 bits per heavy atom. The highest BCUT2D eigenvalue weighted by molar-refractivity contribution is 9.10. The van der Waals surface area contributed by atoms with E-state index in [0.717, 1.165) is 10.5 Å². The maximum atomic E-state index is 13.2. The third-order valence-corrected chi connectivity index (χ3v) is 2.95. The number of ether oxygens (including phenoxy) is 2. The number of benzene rings is 1. The van der Waals surface area contributed by atoms with Gasteiger partial charge in [-0.2, -0.15) is 0 Å². The van der Waals surface area contributed by atoms with Crippen molar-refractivity contribution in [3.8, 4) is 11.5 Å². The van der Waals surface area contributed by atoms with Crippen LogP contribution in [0.15, 0.2) is 41.1 Å². The van der Waals surface area contributed by atoms with Crippen molar-refractivity contribution in [2.75, 3.05) is 13.7 Å². The number of hydrogen-bond acceptors (Lipinski definition) is 4. The topological polar surface area (TPSA) is 48.4 Å². The average molecular weight is 340 g/mol. The Hall–Kier alpha value is -1.95. The second-order valence-corrected chi connectivity index (χ2v) is 4.81. The van der Waals surface area contributed by atoms with Crippen LogP contribution in [0, 0.1) is 5.82 Å². The van der Waals surface area contributed by atoms with Crippen molar-refractivity contribution in [3.63, 3.8) is 0 Å². The normalized spacial score (nSPS) is 10.2. The number of ketones is 1. The molecule has 0 aliphatic rings. The zero-order chi connectivity index (χ0) is 14.5. The van der Waals surface area contributed by atoms with E-state index in [1.807, 2.05) is 0 Å². The molecule has 0 atom stereocenters. The van der Waals surface area contributed by atoms with E-state index in [0.29, 0.717) is 11.5 Å². The number of aromatic nitrogens is 1. The van der Waals surface area contributed by atoms with Crippen LogP contribution in [-0.4, -0.2) is 24.5 Å². The molecule has 0 radical (unpaired) electrons.